The highest BCUT2D eigenvalue weighted by atomic mass is 19.1. The van der Waals surface area contributed by atoms with Crippen LogP contribution in [-0.2, 0) is 14.3 Å². The molecule has 6 heteroatoms. The van der Waals surface area contributed by atoms with Crippen LogP contribution in [0.1, 0.15) is 0 Å². The molecule has 1 unspecified atom stereocenters. The maximum atomic E-state index is 13.3. The maximum absolute atomic E-state index is 13.3. The van der Waals surface area contributed by atoms with E-state index in [2.05, 4.69) is 5.32 Å². The van der Waals surface area contributed by atoms with Gasteiger partial charge in [0.25, 0.3) is 5.91 Å². The Bertz CT molecular complexity index is 418. The molecule has 0 spiro atoms. The van der Waals surface area contributed by atoms with E-state index in [4.69, 9.17) is 14.6 Å². The third-order valence-electron chi connectivity index (χ3n) is 2.32. The zero-order chi connectivity index (χ0) is 12.3. The lowest BCUT2D eigenvalue weighted by molar-refractivity contribution is -0.142. The van der Waals surface area contributed by atoms with Crippen LogP contribution in [0.3, 0.4) is 0 Å². The normalized spacial score (nSPS) is 19.9. The number of carbonyl (C=O) groups is 1. The van der Waals surface area contributed by atoms with Crippen LogP contribution in [0.25, 0.3) is 0 Å². The number of amides is 1. The fourth-order valence-electron chi connectivity index (χ4n) is 1.46. The number of phenols is 1. The molecular weight excluding hydrogens is 229 g/mol. The van der Waals surface area contributed by atoms with E-state index in [1.807, 2.05) is 0 Å². The van der Waals surface area contributed by atoms with Crippen molar-refractivity contribution in [2.45, 2.75) is 6.10 Å². The number of halogens is 1. The van der Waals surface area contributed by atoms with Gasteiger partial charge in [0, 0.05) is 6.07 Å². The topological polar surface area (TPSA) is 67.8 Å². The largest absolute Gasteiger partial charge is 0.508 e. The van der Waals surface area contributed by atoms with Gasteiger partial charge in [0.15, 0.2) is 6.10 Å². The molecule has 0 radical (unpaired) electrons. The molecule has 2 N–H and O–H groups in total. The molecule has 1 fully saturated rings. The Kier molecular flexibility index (Phi) is 3.55. The Balaban J connectivity index is 2.02. The molecule has 1 amide bonds. The number of ether oxygens (including phenoxy) is 2. The van der Waals surface area contributed by atoms with Crippen LogP contribution in [0, 0.1) is 5.82 Å². The number of hydrogen-bond acceptors (Lipinski definition) is 4. The number of phenolic OH excluding ortho intramolecular Hbond substituents is 1. The van der Waals surface area contributed by atoms with Crippen LogP contribution < -0.4 is 5.32 Å². The van der Waals surface area contributed by atoms with Gasteiger partial charge in [0.1, 0.15) is 11.6 Å². The molecule has 92 valence electrons. The first-order valence-corrected chi connectivity index (χ1v) is 5.15. The van der Waals surface area contributed by atoms with E-state index in [9.17, 15) is 9.18 Å². The molecule has 17 heavy (non-hydrogen) atoms. The third-order valence-corrected chi connectivity index (χ3v) is 2.32. The Morgan fingerprint density at radius 3 is 2.94 bits per heavy atom. The van der Waals surface area contributed by atoms with Crippen LogP contribution >= 0.6 is 0 Å². The Morgan fingerprint density at radius 2 is 2.29 bits per heavy atom. The van der Waals surface area contributed by atoms with Crippen LogP contribution in [0.2, 0.25) is 0 Å². The second-order valence-electron chi connectivity index (χ2n) is 3.59. The van der Waals surface area contributed by atoms with Crippen molar-refractivity contribution >= 4 is 11.6 Å². The quantitative estimate of drug-likeness (QED) is 0.754. The Hall–Kier alpha value is -1.66. The second-order valence-corrected chi connectivity index (χ2v) is 3.59. The Morgan fingerprint density at radius 1 is 1.47 bits per heavy atom. The fraction of sp³-hybridized carbons (Fsp3) is 0.364. The van der Waals surface area contributed by atoms with E-state index in [1.54, 1.807) is 0 Å². The second kappa shape index (κ2) is 5.11. The number of rotatable bonds is 2. The van der Waals surface area contributed by atoms with E-state index >= 15 is 0 Å². The fourth-order valence-corrected chi connectivity index (χ4v) is 1.46. The number of hydrogen-bond donors (Lipinski definition) is 2. The lowest BCUT2D eigenvalue weighted by Gasteiger charge is -2.22. The average molecular weight is 241 g/mol. The molecule has 0 bridgehead atoms. The van der Waals surface area contributed by atoms with Gasteiger partial charge in [0.2, 0.25) is 0 Å². The number of carbonyl (C=O) groups excluding carboxylic acids is 1. The smallest absolute Gasteiger partial charge is 0.255 e. The zero-order valence-electron chi connectivity index (χ0n) is 8.98. The van der Waals surface area contributed by atoms with Crippen LogP contribution in [0.4, 0.5) is 10.1 Å². The van der Waals surface area contributed by atoms with E-state index in [0.717, 1.165) is 6.07 Å². The monoisotopic (exact) mass is 241 g/mol. The highest BCUT2D eigenvalue weighted by Crippen LogP contribution is 2.19. The van der Waals surface area contributed by atoms with Crippen molar-refractivity contribution < 1.29 is 23.8 Å². The molecule has 1 aromatic carbocycles. The summed E-state index contributed by atoms with van der Waals surface area (Å²) in [5.41, 5.74) is 0.00183. The van der Waals surface area contributed by atoms with Crippen LogP contribution in [0.15, 0.2) is 18.2 Å². The number of nitrogens with one attached hydrogen (secondary N) is 1. The van der Waals surface area contributed by atoms with E-state index in [1.165, 1.54) is 12.1 Å². The van der Waals surface area contributed by atoms with Crippen molar-refractivity contribution in [3.63, 3.8) is 0 Å². The number of aromatic hydroxyl groups is 1. The lowest BCUT2D eigenvalue weighted by atomic mass is 10.2. The first-order chi connectivity index (χ1) is 8.16. The minimum atomic E-state index is -0.725. The first-order valence-electron chi connectivity index (χ1n) is 5.15. The minimum absolute atomic E-state index is 0.00183. The summed E-state index contributed by atoms with van der Waals surface area (Å²) < 4.78 is 23.6. The molecule has 0 aliphatic carbocycles. The van der Waals surface area contributed by atoms with E-state index in [-0.39, 0.29) is 18.0 Å². The summed E-state index contributed by atoms with van der Waals surface area (Å²) in [4.78, 5) is 11.7. The first kappa shape index (κ1) is 11.8. The maximum Gasteiger partial charge on any atom is 0.255 e. The average Bonchev–Trinajstić information content (AvgIpc) is 2.34. The molecule has 1 heterocycles. The highest BCUT2D eigenvalue weighted by Gasteiger charge is 2.23. The number of benzene rings is 1. The van der Waals surface area contributed by atoms with Gasteiger partial charge in [-0.05, 0) is 12.1 Å². The summed E-state index contributed by atoms with van der Waals surface area (Å²) in [7, 11) is 0. The van der Waals surface area contributed by atoms with Crippen molar-refractivity contribution in [3.05, 3.63) is 24.0 Å². The Labute approximate surface area is 97.1 Å². The van der Waals surface area contributed by atoms with Gasteiger partial charge in [-0.1, -0.05) is 0 Å². The molecule has 5 nitrogen and oxygen atoms in total. The molecule has 2 rings (SSSR count). The molecule has 1 aliphatic rings. The van der Waals surface area contributed by atoms with Crippen LogP contribution in [-0.4, -0.2) is 36.9 Å². The predicted octanol–water partition coefficient (Wildman–Crippen LogP) is 0.885. The van der Waals surface area contributed by atoms with Gasteiger partial charge in [-0.3, -0.25) is 4.79 Å². The van der Waals surface area contributed by atoms with Crippen molar-refractivity contribution in [3.8, 4) is 5.75 Å². The van der Waals surface area contributed by atoms with Crippen molar-refractivity contribution in [1.29, 1.82) is 0 Å². The summed E-state index contributed by atoms with van der Waals surface area (Å²) in [6.07, 6.45) is -0.725. The van der Waals surface area contributed by atoms with Crippen LogP contribution in [0.5, 0.6) is 5.75 Å². The van der Waals surface area contributed by atoms with Crippen molar-refractivity contribution in [2.24, 2.45) is 0 Å². The van der Waals surface area contributed by atoms with Gasteiger partial charge < -0.3 is 19.9 Å². The molecule has 1 aliphatic heterocycles. The third kappa shape index (κ3) is 2.92. The SMILES string of the molecule is O=C(Nc1ccc(O)cc1F)C1COCCO1. The summed E-state index contributed by atoms with van der Waals surface area (Å²) in [5.74, 6) is -1.36. The summed E-state index contributed by atoms with van der Waals surface area (Å²) in [5, 5.41) is 11.4. The van der Waals surface area contributed by atoms with Crippen molar-refractivity contribution in [1.82, 2.24) is 0 Å². The molecule has 1 saturated heterocycles. The zero-order valence-corrected chi connectivity index (χ0v) is 8.98. The summed E-state index contributed by atoms with van der Waals surface area (Å²) >= 11 is 0. The van der Waals surface area contributed by atoms with Gasteiger partial charge in [0.05, 0.1) is 25.5 Å². The van der Waals surface area contributed by atoms with Crippen molar-refractivity contribution in [2.75, 3.05) is 25.1 Å². The minimum Gasteiger partial charge on any atom is -0.508 e. The van der Waals surface area contributed by atoms with E-state index < -0.39 is 17.8 Å². The molecule has 1 aromatic rings. The van der Waals surface area contributed by atoms with E-state index in [0.29, 0.717) is 13.2 Å². The number of anilines is 1. The molecular formula is C11H12FNO4. The van der Waals surface area contributed by atoms with Gasteiger partial charge in [-0.2, -0.15) is 0 Å². The predicted molar refractivity (Wildman–Crippen MR) is 57.3 cm³/mol. The standard InChI is InChI=1S/C11H12FNO4/c12-8-5-7(14)1-2-9(8)13-11(15)10-6-16-3-4-17-10/h1-2,5,10,14H,3-4,6H2,(H,13,15). The molecule has 0 aromatic heterocycles. The summed E-state index contributed by atoms with van der Waals surface area (Å²) in [6.45, 7) is 0.957. The van der Waals surface area contributed by atoms with Gasteiger partial charge in [-0.25, -0.2) is 4.39 Å². The van der Waals surface area contributed by atoms with Gasteiger partial charge in [-0.15, -0.1) is 0 Å². The van der Waals surface area contributed by atoms with Gasteiger partial charge >= 0.3 is 0 Å². The summed E-state index contributed by atoms with van der Waals surface area (Å²) in [6, 6.07) is 3.50. The molecule has 1 atom stereocenters. The lowest BCUT2D eigenvalue weighted by Crippen LogP contribution is -2.39. The molecule has 0 saturated carbocycles. The highest BCUT2D eigenvalue weighted by molar-refractivity contribution is 5.94.